The second-order valence-electron chi connectivity index (χ2n) is 5.33. The lowest BCUT2D eigenvalue weighted by Crippen LogP contribution is -2.32. The molecule has 0 saturated heterocycles. The van der Waals surface area contributed by atoms with Crippen molar-refractivity contribution < 1.29 is 9.47 Å². The van der Waals surface area contributed by atoms with E-state index in [1.165, 1.54) is 5.56 Å². The van der Waals surface area contributed by atoms with Crippen molar-refractivity contribution in [3.63, 3.8) is 0 Å². The minimum atomic E-state index is 0.325. The van der Waals surface area contributed by atoms with E-state index < -0.39 is 0 Å². The summed E-state index contributed by atoms with van der Waals surface area (Å²) < 4.78 is 10.6. The van der Waals surface area contributed by atoms with Gasteiger partial charge in [-0.05, 0) is 56.8 Å². The van der Waals surface area contributed by atoms with Crippen LogP contribution in [0.5, 0.6) is 5.75 Å². The molecule has 0 fully saturated rings. The quantitative estimate of drug-likeness (QED) is 0.712. The Labute approximate surface area is 123 Å². The van der Waals surface area contributed by atoms with Gasteiger partial charge >= 0.3 is 0 Å². The molecule has 1 aromatic rings. The summed E-state index contributed by atoms with van der Waals surface area (Å²) in [7, 11) is 3.49. The average molecular weight is 279 g/mol. The molecule has 0 aliphatic carbocycles. The fourth-order valence-electron chi connectivity index (χ4n) is 2.26. The number of methoxy groups -OCH3 is 2. The van der Waals surface area contributed by atoms with Crippen molar-refractivity contribution in [1.29, 1.82) is 0 Å². The van der Waals surface area contributed by atoms with Crippen molar-refractivity contribution in [3.05, 3.63) is 29.8 Å². The molecular weight excluding hydrogens is 250 g/mol. The van der Waals surface area contributed by atoms with Gasteiger partial charge in [-0.25, -0.2) is 0 Å². The van der Waals surface area contributed by atoms with Crippen LogP contribution in [0.3, 0.4) is 0 Å². The lowest BCUT2D eigenvalue weighted by Gasteiger charge is -2.20. The molecule has 0 amide bonds. The van der Waals surface area contributed by atoms with Crippen LogP contribution in [-0.4, -0.2) is 32.9 Å². The molecule has 0 radical (unpaired) electrons. The number of hydrogen-bond acceptors (Lipinski definition) is 3. The summed E-state index contributed by atoms with van der Waals surface area (Å²) in [6, 6.07) is 8.84. The van der Waals surface area contributed by atoms with Gasteiger partial charge in [0.15, 0.2) is 0 Å². The Bertz CT molecular complexity index is 368. The van der Waals surface area contributed by atoms with Gasteiger partial charge in [-0.15, -0.1) is 0 Å². The van der Waals surface area contributed by atoms with Crippen LogP contribution in [0.25, 0.3) is 0 Å². The first kappa shape index (κ1) is 17.0. The summed E-state index contributed by atoms with van der Waals surface area (Å²) in [6.07, 6.45) is 4.74. The highest BCUT2D eigenvalue weighted by Gasteiger charge is 2.11. The Morgan fingerprint density at radius 2 is 2.00 bits per heavy atom. The summed E-state index contributed by atoms with van der Waals surface area (Å²) in [4.78, 5) is 0. The van der Waals surface area contributed by atoms with Gasteiger partial charge in [0, 0.05) is 13.2 Å². The molecule has 0 aliphatic rings. The molecule has 3 nitrogen and oxygen atoms in total. The molecule has 0 heterocycles. The van der Waals surface area contributed by atoms with Gasteiger partial charge in [0.25, 0.3) is 0 Å². The van der Waals surface area contributed by atoms with E-state index in [2.05, 4.69) is 37.4 Å². The minimum absolute atomic E-state index is 0.325. The van der Waals surface area contributed by atoms with Crippen molar-refractivity contribution in [2.45, 2.75) is 51.7 Å². The molecule has 1 aromatic carbocycles. The smallest absolute Gasteiger partial charge is 0.119 e. The SMILES string of the molecule is CCCNC(CCC(C)OC)Cc1cccc(OC)c1. The highest BCUT2D eigenvalue weighted by atomic mass is 16.5. The maximum absolute atomic E-state index is 5.34. The number of hydrogen-bond donors (Lipinski definition) is 1. The van der Waals surface area contributed by atoms with Crippen molar-refractivity contribution in [3.8, 4) is 5.75 Å². The molecule has 3 heteroatoms. The van der Waals surface area contributed by atoms with Crippen molar-refractivity contribution in [2.24, 2.45) is 0 Å². The lowest BCUT2D eigenvalue weighted by molar-refractivity contribution is 0.106. The molecule has 0 aromatic heterocycles. The van der Waals surface area contributed by atoms with Crippen LogP contribution < -0.4 is 10.1 Å². The molecule has 114 valence electrons. The van der Waals surface area contributed by atoms with E-state index in [0.717, 1.165) is 38.0 Å². The Morgan fingerprint density at radius 1 is 1.20 bits per heavy atom. The normalized spacial score (nSPS) is 14.0. The third-order valence-corrected chi connectivity index (χ3v) is 3.62. The monoisotopic (exact) mass is 279 g/mol. The van der Waals surface area contributed by atoms with Crippen LogP contribution in [0, 0.1) is 0 Å². The zero-order valence-electron chi connectivity index (χ0n) is 13.3. The topological polar surface area (TPSA) is 30.5 Å². The highest BCUT2D eigenvalue weighted by molar-refractivity contribution is 5.28. The van der Waals surface area contributed by atoms with E-state index in [-0.39, 0.29) is 0 Å². The third kappa shape index (κ3) is 6.40. The van der Waals surface area contributed by atoms with Crippen LogP contribution in [-0.2, 0) is 11.2 Å². The predicted molar refractivity (Wildman–Crippen MR) is 84.5 cm³/mol. The highest BCUT2D eigenvalue weighted by Crippen LogP contribution is 2.16. The van der Waals surface area contributed by atoms with Gasteiger partial charge < -0.3 is 14.8 Å². The molecule has 2 unspecified atom stereocenters. The van der Waals surface area contributed by atoms with E-state index in [0.29, 0.717) is 12.1 Å². The first-order valence-electron chi connectivity index (χ1n) is 7.58. The van der Waals surface area contributed by atoms with E-state index in [1.54, 1.807) is 14.2 Å². The van der Waals surface area contributed by atoms with E-state index in [4.69, 9.17) is 9.47 Å². The lowest BCUT2D eigenvalue weighted by atomic mass is 10.00. The van der Waals surface area contributed by atoms with Crippen LogP contribution in [0.15, 0.2) is 24.3 Å². The van der Waals surface area contributed by atoms with E-state index in [9.17, 15) is 0 Å². The number of rotatable bonds is 10. The zero-order chi connectivity index (χ0) is 14.8. The van der Waals surface area contributed by atoms with Crippen LogP contribution in [0.4, 0.5) is 0 Å². The summed E-state index contributed by atoms with van der Waals surface area (Å²) in [5.41, 5.74) is 1.32. The molecule has 0 spiro atoms. The molecular formula is C17H29NO2. The van der Waals surface area contributed by atoms with Crippen molar-refractivity contribution in [2.75, 3.05) is 20.8 Å². The molecule has 0 bridgehead atoms. The molecule has 0 saturated carbocycles. The van der Waals surface area contributed by atoms with Crippen LogP contribution in [0.1, 0.15) is 38.7 Å². The molecule has 0 aliphatic heterocycles. The largest absolute Gasteiger partial charge is 0.497 e. The maximum atomic E-state index is 5.34. The first-order valence-corrected chi connectivity index (χ1v) is 7.58. The van der Waals surface area contributed by atoms with Gasteiger partial charge in [-0.1, -0.05) is 19.1 Å². The zero-order valence-corrected chi connectivity index (χ0v) is 13.3. The fourth-order valence-corrected chi connectivity index (χ4v) is 2.26. The van der Waals surface area contributed by atoms with Gasteiger partial charge in [0.1, 0.15) is 5.75 Å². The molecule has 1 N–H and O–H groups in total. The van der Waals surface area contributed by atoms with Crippen LogP contribution >= 0.6 is 0 Å². The minimum Gasteiger partial charge on any atom is -0.497 e. The Morgan fingerprint density at radius 3 is 2.65 bits per heavy atom. The van der Waals surface area contributed by atoms with Crippen LogP contribution in [0.2, 0.25) is 0 Å². The van der Waals surface area contributed by atoms with Gasteiger partial charge in [-0.3, -0.25) is 0 Å². The predicted octanol–water partition coefficient (Wildman–Crippen LogP) is 3.42. The second-order valence-corrected chi connectivity index (χ2v) is 5.33. The third-order valence-electron chi connectivity index (χ3n) is 3.62. The maximum Gasteiger partial charge on any atom is 0.119 e. The Hall–Kier alpha value is -1.06. The standard InChI is InChI=1S/C17H29NO2/c1-5-11-18-16(10-9-14(2)19-3)12-15-7-6-8-17(13-15)20-4/h6-8,13-14,16,18H,5,9-12H2,1-4H3. The van der Waals surface area contributed by atoms with E-state index in [1.807, 2.05) is 6.07 Å². The van der Waals surface area contributed by atoms with E-state index >= 15 is 0 Å². The van der Waals surface area contributed by atoms with Crippen molar-refractivity contribution in [1.82, 2.24) is 5.32 Å². The fraction of sp³-hybridized carbons (Fsp3) is 0.647. The molecule has 2 atom stereocenters. The summed E-state index contributed by atoms with van der Waals surface area (Å²) in [6.45, 7) is 5.39. The van der Waals surface area contributed by atoms with Crippen molar-refractivity contribution >= 4 is 0 Å². The summed E-state index contributed by atoms with van der Waals surface area (Å²) in [5.74, 6) is 0.932. The van der Waals surface area contributed by atoms with Gasteiger partial charge in [-0.2, -0.15) is 0 Å². The van der Waals surface area contributed by atoms with Gasteiger partial charge in [0.05, 0.1) is 13.2 Å². The number of benzene rings is 1. The second kappa shape index (κ2) is 9.78. The number of ether oxygens (including phenoxy) is 2. The Kier molecular flexibility index (Phi) is 8.31. The Balaban J connectivity index is 2.57. The molecule has 1 rings (SSSR count). The average Bonchev–Trinajstić information content (AvgIpc) is 2.49. The van der Waals surface area contributed by atoms with Gasteiger partial charge in [0.2, 0.25) is 0 Å². The number of nitrogens with one attached hydrogen (secondary N) is 1. The molecule has 20 heavy (non-hydrogen) atoms. The summed E-state index contributed by atoms with van der Waals surface area (Å²) >= 11 is 0. The summed E-state index contributed by atoms with van der Waals surface area (Å²) in [5, 5.41) is 3.64. The first-order chi connectivity index (χ1) is 9.69.